The predicted molar refractivity (Wildman–Crippen MR) is 117 cm³/mol. The summed E-state index contributed by atoms with van der Waals surface area (Å²) in [7, 11) is 0. The first-order valence-electron chi connectivity index (χ1n) is 10.3. The van der Waals surface area contributed by atoms with Crippen molar-refractivity contribution in [3.05, 3.63) is 65.7 Å². The molecule has 0 saturated heterocycles. The number of para-hydroxylation sites is 1. The fraction of sp³-hybridized carbons (Fsp3) is 0.333. The van der Waals surface area contributed by atoms with Crippen molar-refractivity contribution in [1.82, 2.24) is 4.90 Å². The number of carbonyl (C=O) groups is 2. The zero-order valence-corrected chi connectivity index (χ0v) is 18.0. The number of hydrogen-bond acceptors (Lipinski definition) is 6. The van der Waals surface area contributed by atoms with E-state index < -0.39 is 11.6 Å². The lowest BCUT2D eigenvalue weighted by Crippen LogP contribution is -2.36. The molecule has 0 N–H and O–H groups in total. The zero-order valence-electron chi connectivity index (χ0n) is 18.0. The van der Waals surface area contributed by atoms with Crippen molar-refractivity contribution in [3.63, 3.8) is 0 Å². The van der Waals surface area contributed by atoms with Gasteiger partial charge in [0.15, 0.2) is 5.75 Å². The molecule has 0 unspecified atom stereocenters. The molecule has 2 aliphatic heterocycles. The topological polar surface area (TPSA) is 68.3 Å². The van der Waals surface area contributed by atoms with Gasteiger partial charge >= 0.3 is 12.1 Å². The SMILES string of the molecule is CC(C)(C)OC(=O)N1CC=C(c2cccc3c2OCCN3OC(=O)c2ccccc2)C1. The third-order valence-electron chi connectivity index (χ3n) is 4.92. The molecule has 0 radical (unpaired) electrons. The monoisotopic (exact) mass is 422 g/mol. The van der Waals surface area contributed by atoms with Crippen molar-refractivity contribution >= 4 is 23.3 Å². The number of fused-ring (bicyclic) bond motifs is 1. The first-order chi connectivity index (χ1) is 14.8. The first-order valence-corrected chi connectivity index (χ1v) is 10.3. The minimum atomic E-state index is -0.544. The quantitative estimate of drug-likeness (QED) is 0.735. The number of nitrogens with zero attached hydrogens (tertiary/aromatic N) is 2. The summed E-state index contributed by atoms with van der Waals surface area (Å²) in [5, 5.41) is 1.57. The van der Waals surface area contributed by atoms with Gasteiger partial charge < -0.3 is 19.2 Å². The van der Waals surface area contributed by atoms with Gasteiger partial charge in [0.05, 0.1) is 12.1 Å². The van der Waals surface area contributed by atoms with Crippen molar-refractivity contribution in [1.29, 1.82) is 0 Å². The minimum absolute atomic E-state index is 0.345. The maximum absolute atomic E-state index is 12.5. The Hall–Kier alpha value is -3.48. The van der Waals surface area contributed by atoms with Gasteiger partial charge in [-0.3, -0.25) is 0 Å². The molecule has 0 saturated carbocycles. The van der Waals surface area contributed by atoms with Crippen molar-refractivity contribution < 1.29 is 23.9 Å². The van der Waals surface area contributed by atoms with Gasteiger partial charge in [0.2, 0.25) is 0 Å². The van der Waals surface area contributed by atoms with Crippen LogP contribution >= 0.6 is 0 Å². The van der Waals surface area contributed by atoms with E-state index in [2.05, 4.69) is 0 Å². The molecule has 7 nitrogen and oxygen atoms in total. The highest BCUT2D eigenvalue weighted by Gasteiger charge is 2.30. The molecule has 0 spiro atoms. The molecule has 0 bridgehead atoms. The van der Waals surface area contributed by atoms with E-state index in [0.29, 0.717) is 43.2 Å². The number of amides is 1. The smallest absolute Gasteiger partial charge is 0.410 e. The Bertz CT molecular complexity index is 1010. The molecule has 0 aliphatic carbocycles. The summed E-state index contributed by atoms with van der Waals surface area (Å²) in [6.45, 7) is 7.26. The average molecular weight is 422 g/mol. The van der Waals surface area contributed by atoms with Gasteiger partial charge in [-0.05, 0) is 44.5 Å². The number of ether oxygens (including phenoxy) is 2. The third kappa shape index (κ3) is 4.66. The average Bonchev–Trinajstić information content (AvgIpc) is 3.23. The van der Waals surface area contributed by atoms with Crippen LogP contribution < -0.4 is 9.80 Å². The van der Waals surface area contributed by atoms with Gasteiger partial charge in [-0.1, -0.05) is 36.4 Å². The predicted octanol–water partition coefficient (Wildman–Crippen LogP) is 4.29. The molecular weight excluding hydrogens is 396 g/mol. The van der Waals surface area contributed by atoms with Crippen LogP contribution in [0.3, 0.4) is 0 Å². The Balaban J connectivity index is 1.51. The molecule has 0 atom stereocenters. The van der Waals surface area contributed by atoms with Crippen LogP contribution in [-0.4, -0.2) is 48.8 Å². The second-order valence-corrected chi connectivity index (χ2v) is 8.44. The number of carbonyl (C=O) groups excluding carboxylic acids is 2. The molecule has 2 aliphatic rings. The van der Waals surface area contributed by atoms with Crippen LogP contribution in [0.25, 0.3) is 5.57 Å². The normalized spacial score (nSPS) is 15.6. The molecular formula is C24H26N2O5. The summed E-state index contributed by atoms with van der Waals surface area (Å²) in [6, 6.07) is 14.6. The van der Waals surface area contributed by atoms with Crippen molar-refractivity contribution in [3.8, 4) is 5.75 Å². The fourth-order valence-corrected chi connectivity index (χ4v) is 3.51. The standard InChI is InChI=1S/C24H26N2O5/c1-24(2,3)30-23(28)25-13-12-18(16-25)19-10-7-11-20-21(19)29-15-14-26(20)31-22(27)17-8-5-4-6-9-17/h4-12H,13-16H2,1-3H3. The van der Waals surface area contributed by atoms with Gasteiger partial charge in [-0.25, -0.2) is 9.59 Å². The third-order valence-corrected chi connectivity index (χ3v) is 4.92. The summed E-state index contributed by atoms with van der Waals surface area (Å²) in [5.41, 5.74) is 2.48. The molecule has 4 rings (SSSR count). The Labute approximate surface area is 181 Å². The zero-order chi connectivity index (χ0) is 22.0. The largest absolute Gasteiger partial charge is 0.489 e. The van der Waals surface area contributed by atoms with Crippen LogP contribution in [0.5, 0.6) is 5.75 Å². The van der Waals surface area contributed by atoms with Crippen LogP contribution in [0.4, 0.5) is 10.5 Å². The lowest BCUT2D eigenvalue weighted by atomic mass is 10.0. The first kappa shape index (κ1) is 20.8. The summed E-state index contributed by atoms with van der Waals surface area (Å²) in [5.74, 6) is 0.224. The van der Waals surface area contributed by atoms with Crippen LogP contribution in [0.2, 0.25) is 0 Å². The Morgan fingerprint density at radius 3 is 2.55 bits per heavy atom. The van der Waals surface area contributed by atoms with Gasteiger partial charge in [-0.15, -0.1) is 0 Å². The number of anilines is 1. The highest BCUT2D eigenvalue weighted by atomic mass is 16.7. The molecule has 7 heteroatoms. The van der Waals surface area contributed by atoms with Gasteiger partial charge in [0.25, 0.3) is 0 Å². The lowest BCUT2D eigenvalue weighted by Gasteiger charge is -2.31. The maximum Gasteiger partial charge on any atom is 0.410 e. The van der Waals surface area contributed by atoms with E-state index >= 15 is 0 Å². The van der Waals surface area contributed by atoms with E-state index in [1.807, 2.05) is 51.1 Å². The van der Waals surface area contributed by atoms with E-state index in [9.17, 15) is 9.59 Å². The number of hydroxylamine groups is 1. The maximum atomic E-state index is 12.5. The van der Waals surface area contributed by atoms with E-state index in [1.165, 1.54) is 0 Å². The van der Waals surface area contributed by atoms with E-state index in [0.717, 1.165) is 11.1 Å². The summed E-state index contributed by atoms with van der Waals surface area (Å²) in [6.07, 6.45) is 1.65. The molecule has 2 aromatic carbocycles. The summed E-state index contributed by atoms with van der Waals surface area (Å²) in [4.78, 5) is 32.2. The Kier molecular flexibility index (Phi) is 5.59. The number of rotatable bonds is 3. The van der Waals surface area contributed by atoms with Gasteiger partial charge in [-0.2, -0.15) is 5.06 Å². The van der Waals surface area contributed by atoms with Crippen LogP contribution in [-0.2, 0) is 9.57 Å². The molecule has 2 aromatic rings. The van der Waals surface area contributed by atoms with Crippen LogP contribution in [0.15, 0.2) is 54.6 Å². The van der Waals surface area contributed by atoms with E-state index in [1.54, 1.807) is 34.2 Å². The highest BCUT2D eigenvalue weighted by Crippen LogP contribution is 2.40. The second kappa shape index (κ2) is 8.34. The lowest BCUT2D eigenvalue weighted by molar-refractivity contribution is 0.0305. The Morgan fingerprint density at radius 2 is 1.81 bits per heavy atom. The van der Waals surface area contributed by atoms with Crippen LogP contribution in [0, 0.1) is 0 Å². The minimum Gasteiger partial charge on any atom is -0.489 e. The van der Waals surface area contributed by atoms with E-state index in [4.69, 9.17) is 14.3 Å². The van der Waals surface area contributed by atoms with Crippen LogP contribution in [0.1, 0.15) is 36.7 Å². The van der Waals surface area contributed by atoms with Gasteiger partial charge in [0, 0.05) is 18.7 Å². The molecule has 162 valence electrons. The Morgan fingerprint density at radius 1 is 1.03 bits per heavy atom. The summed E-state index contributed by atoms with van der Waals surface area (Å²) < 4.78 is 11.4. The fourth-order valence-electron chi connectivity index (χ4n) is 3.51. The molecule has 0 fully saturated rings. The summed E-state index contributed by atoms with van der Waals surface area (Å²) >= 11 is 0. The van der Waals surface area contributed by atoms with Crippen molar-refractivity contribution in [2.24, 2.45) is 0 Å². The molecule has 2 heterocycles. The molecule has 0 aromatic heterocycles. The molecule has 31 heavy (non-hydrogen) atoms. The van der Waals surface area contributed by atoms with Gasteiger partial charge in [0.1, 0.15) is 17.9 Å². The number of hydrogen-bond donors (Lipinski definition) is 0. The second-order valence-electron chi connectivity index (χ2n) is 8.44. The number of benzene rings is 2. The van der Waals surface area contributed by atoms with E-state index in [-0.39, 0.29) is 6.09 Å². The highest BCUT2D eigenvalue weighted by molar-refractivity contribution is 5.90. The van der Waals surface area contributed by atoms with Crippen molar-refractivity contribution in [2.45, 2.75) is 26.4 Å². The van der Waals surface area contributed by atoms with Crippen molar-refractivity contribution in [2.75, 3.05) is 31.3 Å². The molecule has 1 amide bonds.